The second-order valence-corrected chi connectivity index (χ2v) is 8.71. The predicted molar refractivity (Wildman–Crippen MR) is 129 cm³/mol. The quantitative estimate of drug-likeness (QED) is 0.352. The highest BCUT2D eigenvalue weighted by Gasteiger charge is 2.38. The molecular formula is C27H29N3O3. The number of Topliss-reactive ketones (excluding diaryl/α,β-unsaturated/α-hetero) is 1. The van der Waals surface area contributed by atoms with Crippen molar-refractivity contribution in [3.8, 4) is 5.75 Å². The Bertz CT molecular complexity index is 1160. The van der Waals surface area contributed by atoms with Gasteiger partial charge in [0, 0.05) is 26.1 Å². The van der Waals surface area contributed by atoms with Gasteiger partial charge < -0.3 is 20.6 Å². The number of benzene rings is 2. The van der Waals surface area contributed by atoms with Crippen LogP contribution in [0.4, 0.5) is 5.69 Å². The van der Waals surface area contributed by atoms with Gasteiger partial charge in [-0.1, -0.05) is 55.8 Å². The zero-order valence-electron chi connectivity index (χ0n) is 19.0. The van der Waals surface area contributed by atoms with E-state index >= 15 is 0 Å². The molecule has 170 valence electrons. The molecule has 2 atom stereocenters. The van der Waals surface area contributed by atoms with Gasteiger partial charge in [0.05, 0.1) is 22.5 Å². The van der Waals surface area contributed by atoms with Crippen LogP contribution in [0.5, 0.6) is 5.75 Å². The van der Waals surface area contributed by atoms with Gasteiger partial charge in [-0.05, 0) is 30.5 Å². The molecule has 0 unspecified atom stereocenters. The van der Waals surface area contributed by atoms with E-state index < -0.39 is 0 Å². The summed E-state index contributed by atoms with van der Waals surface area (Å²) >= 11 is 0. The smallest absolute Gasteiger partial charge is 0.257 e. The van der Waals surface area contributed by atoms with Crippen molar-refractivity contribution in [1.82, 2.24) is 10.2 Å². The van der Waals surface area contributed by atoms with Gasteiger partial charge in [-0.15, -0.1) is 5.73 Å². The van der Waals surface area contributed by atoms with Crippen LogP contribution in [0.3, 0.4) is 0 Å². The van der Waals surface area contributed by atoms with E-state index in [1.807, 2.05) is 6.07 Å². The second kappa shape index (κ2) is 9.39. The van der Waals surface area contributed by atoms with Crippen molar-refractivity contribution in [2.45, 2.75) is 37.6 Å². The third kappa shape index (κ3) is 4.30. The summed E-state index contributed by atoms with van der Waals surface area (Å²) < 4.78 is 0. The molecule has 1 amide bonds. The highest BCUT2D eigenvalue weighted by Crippen LogP contribution is 2.38. The number of hydrogen-bond acceptors (Lipinski definition) is 5. The molecule has 33 heavy (non-hydrogen) atoms. The number of allylic oxidation sites excluding steroid dienone is 2. The molecule has 0 saturated heterocycles. The van der Waals surface area contributed by atoms with Crippen molar-refractivity contribution < 1.29 is 14.7 Å². The Morgan fingerprint density at radius 2 is 1.79 bits per heavy atom. The number of hydrogen-bond donors (Lipinski definition) is 3. The summed E-state index contributed by atoms with van der Waals surface area (Å²) in [5, 5.41) is 17.3. The Balaban J connectivity index is 1.64. The van der Waals surface area contributed by atoms with Crippen LogP contribution in [0, 0.1) is 0 Å². The summed E-state index contributed by atoms with van der Waals surface area (Å²) in [6.45, 7) is 3.69. The average Bonchev–Trinajstić information content (AvgIpc) is 2.83. The summed E-state index contributed by atoms with van der Waals surface area (Å²) in [6, 6.07) is 15.5. The van der Waals surface area contributed by atoms with Crippen LogP contribution in [0.15, 0.2) is 77.8 Å². The number of aromatic hydroxyl groups is 1. The Morgan fingerprint density at radius 3 is 2.48 bits per heavy atom. The lowest BCUT2D eigenvalue weighted by atomic mass is 9.79. The summed E-state index contributed by atoms with van der Waals surface area (Å²) in [4.78, 5) is 26.5. The van der Waals surface area contributed by atoms with E-state index in [-0.39, 0.29) is 29.0 Å². The van der Waals surface area contributed by atoms with Crippen molar-refractivity contribution in [1.29, 1.82) is 0 Å². The molecule has 1 fully saturated rings. The zero-order valence-corrected chi connectivity index (χ0v) is 19.0. The molecule has 4 rings (SSSR count). The fraction of sp³-hybridized carbons (Fsp3) is 0.296. The van der Waals surface area contributed by atoms with Gasteiger partial charge >= 0.3 is 0 Å². The molecule has 1 saturated carbocycles. The fourth-order valence-corrected chi connectivity index (χ4v) is 4.63. The monoisotopic (exact) mass is 443 g/mol. The second-order valence-electron chi connectivity index (χ2n) is 8.71. The minimum absolute atomic E-state index is 0.166. The number of amides is 1. The van der Waals surface area contributed by atoms with Crippen molar-refractivity contribution in [3.05, 3.63) is 88.9 Å². The summed E-state index contributed by atoms with van der Waals surface area (Å²) in [7, 11) is 3.24. The number of nitrogens with zero attached hydrogens (tertiary/aromatic N) is 1. The summed E-state index contributed by atoms with van der Waals surface area (Å²) in [5.74, 6) is -0.386. The number of carbonyl (C=O) groups is 2. The normalized spacial score (nSPS) is 20.1. The third-order valence-corrected chi connectivity index (χ3v) is 6.39. The summed E-state index contributed by atoms with van der Waals surface area (Å²) in [5.41, 5.74) is 5.93. The van der Waals surface area contributed by atoms with E-state index in [9.17, 15) is 14.7 Å². The van der Waals surface area contributed by atoms with E-state index in [0.717, 1.165) is 19.3 Å². The molecule has 2 aliphatic carbocycles. The number of ketones is 1. The van der Waals surface area contributed by atoms with Crippen molar-refractivity contribution in [3.63, 3.8) is 0 Å². The maximum Gasteiger partial charge on any atom is 0.257 e. The molecule has 2 aliphatic rings. The lowest BCUT2D eigenvalue weighted by molar-refractivity contribution is -0.113. The topological polar surface area (TPSA) is 81.7 Å². The maximum atomic E-state index is 12.8. The standard InChI is InChI=1S/C27H29N3O3/c1-4-18-23(28-21-15-9-8-13-19(21)17-11-6-5-7-12-17)24(26(18)32)29-22-16-10-14-20(25(22)31)27(33)30(2)3/h5-7,10-12,14,16,19,21,28-29,31H,1,8-9,13,15H2,2-3H3/t19-,21-/m0/s1. The minimum atomic E-state index is -0.317. The van der Waals surface area contributed by atoms with Gasteiger partial charge in [-0.3, -0.25) is 9.59 Å². The molecule has 0 bridgehead atoms. The van der Waals surface area contributed by atoms with E-state index in [4.69, 9.17) is 0 Å². The van der Waals surface area contributed by atoms with Crippen molar-refractivity contribution >= 4 is 17.4 Å². The largest absolute Gasteiger partial charge is 0.505 e. The molecule has 2 aromatic carbocycles. The molecular weight excluding hydrogens is 414 g/mol. The molecule has 0 radical (unpaired) electrons. The number of carbonyl (C=O) groups excluding carboxylic acids is 2. The number of phenolic OH excluding ortho intramolecular Hbond substituents is 1. The van der Waals surface area contributed by atoms with Gasteiger partial charge in [-0.25, -0.2) is 0 Å². The van der Waals surface area contributed by atoms with Gasteiger partial charge in [-0.2, -0.15) is 0 Å². The number of phenols is 1. The van der Waals surface area contributed by atoms with Crippen LogP contribution in [-0.4, -0.2) is 41.8 Å². The van der Waals surface area contributed by atoms with Crippen LogP contribution in [-0.2, 0) is 4.79 Å². The van der Waals surface area contributed by atoms with E-state index in [2.05, 4.69) is 47.2 Å². The van der Waals surface area contributed by atoms with Crippen LogP contribution >= 0.6 is 0 Å². The molecule has 0 spiro atoms. The summed E-state index contributed by atoms with van der Waals surface area (Å²) in [6.07, 6.45) is 4.36. The molecule has 2 aromatic rings. The molecule has 0 aliphatic heterocycles. The zero-order chi connectivity index (χ0) is 23.5. The van der Waals surface area contributed by atoms with Gasteiger partial charge in [0.15, 0.2) is 5.75 Å². The number of rotatable bonds is 6. The highest BCUT2D eigenvalue weighted by atomic mass is 16.3. The highest BCUT2D eigenvalue weighted by molar-refractivity contribution is 6.21. The van der Waals surface area contributed by atoms with E-state index in [0.29, 0.717) is 28.6 Å². The van der Waals surface area contributed by atoms with E-state index in [1.54, 1.807) is 32.3 Å². The minimum Gasteiger partial charge on any atom is -0.505 e. The predicted octanol–water partition coefficient (Wildman–Crippen LogP) is 4.33. The van der Waals surface area contributed by atoms with Crippen LogP contribution in [0.25, 0.3) is 0 Å². The van der Waals surface area contributed by atoms with Crippen LogP contribution < -0.4 is 10.6 Å². The first-order valence-electron chi connectivity index (χ1n) is 11.2. The number of anilines is 1. The first-order valence-corrected chi connectivity index (χ1v) is 11.2. The number of para-hydroxylation sites is 1. The van der Waals surface area contributed by atoms with Crippen molar-refractivity contribution in [2.24, 2.45) is 0 Å². The van der Waals surface area contributed by atoms with Gasteiger partial charge in [0.2, 0.25) is 5.78 Å². The van der Waals surface area contributed by atoms with E-state index in [1.165, 1.54) is 16.9 Å². The average molecular weight is 444 g/mol. The fourth-order valence-electron chi connectivity index (χ4n) is 4.63. The Labute approximate surface area is 194 Å². The lowest BCUT2D eigenvalue weighted by Crippen LogP contribution is -2.43. The van der Waals surface area contributed by atoms with Crippen LogP contribution in [0.2, 0.25) is 0 Å². The Hall–Kier alpha value is -3.76. The van der Waals surface area contributed by atoms with Crippen molar-refractivity contribution in [2.75, 3.05) is 19.4 Å². The molecule has 3 N–H and O–H groups in total. The lowest BCUT2D eigenvalue weighted by Gasteiger charge is -2.37. The molecule has 6 nitrogen and oxygen atoms in total. The SMILES string of the molecule is C=C=C1C(=O)C(Nc2cccc(C(=O)N(C)C)c2O)=C1N[C@H]1CCCC[C@H]1c1ccccc1. The Morgan fingerprint density at radius 1 is 1.06 bits per heavy atom. The first kappa shape index (κ1) is 22.4. The third-order valence-electron chi connectivity index (χ3n) is 6.39. The molecule has 0 heterocycles. The maximum absolute atomic E-state index is 12.8. The van der Waals surface area contributed by atoms with Gasteiger partial charge in [0.1, 0.15) is 5.70 Å². The Kier molecular flexibility index (Phi) is 6.38. The van der Waals surface area contributed by atoms with Gasteiger partial charge in [0.25, 0.3) is 5.91 Å². The number of nitrogens with one attached hydrogen (secondary N) is 2. The molecule has 6 heteroatoms. The first-order chi connectivity index (χ1) is 15.9. The molecule has 0 aromatic heterocycles. The van der Waals surface area contributed by atoms with Crippen LogP contribution in [0.1, 0.15) is 47.5 Å².